The highest BCUT2D eigenvalue weighted by Gasteiger charge is 2.04. The molecule has 0 radical (unpaired) electrons. The molecule has 0 atom stereocenters. The lowest BCUT2D eigenvalue weighted by atomic mass is 10.7. The Labute approximate surface area is 47.7 Å². The largest absolute Gasteiger partial charge is 0.487 e. The molecule has 0 aromatic rings. The van der Waals surface area contributed by atoms with Crippen LogP contribution >= 0.6 is 11.8 Å². The molecule has 1 aliphatic rings. The first kappa shape index (κ1) is 5.04. The molecule has 1 fully saturated rings. The van der Waals surface area contributed by atoms with Gasteiger partial charge in [0.05, 0.1) is 6.61 Å². The molecule has 0 N–H and O–H groups in total. The van der Waals surface area contributed by atoms with Gasteiger partial charge in [0.1, 0.15) is 5.09 Å². The summed E-state index contributed by atoms with van der Waals surface area (Å²) in [5, 5.41) is 1.08. The monoisotopic (exact) mass is 116 g/mol. The second-order valence-corrected chi connectivity index (χ2v) is 2.40. The summed E-state index contributed by atoms with van der Waals surface area (Å²) in [7, 11) is 0. The van der Waals surface area contributed by atoms with Crippen LogP contribution < -0.4 is 0 Å². The van der Waals surface area contributed by atoms with Gasteiger partial charge in [-0.3, -0.25) is 0 Å². The van der Waals surface area contributed by atoms with E-state index < -0.39 is 0 Å². The van der Waals surface area contributed by atoms with Crippen molar-refractivity contribution in [2.24, 2.45) is 0 Å². The Morgan fingerprint density at radius 2 is 2.71 bits per heavy atom. The Balaban J connectivity index is 2.41. The van der Waals surface area contributed by atoms with E-state index in [0.29, 0.717) is 0 Å². The van der Waals surface area contributed by atoms with Crippen LogP contribution in [0.5, 0.6) is 0 Å². The summed E-state index contributed by atoms with van der Waals surface area (Å²) in [5.41, 5.74) is 0. The van der Waals surface area contributed by atoms with E-state index >= 15 is 0 Å². The van der Waals surface area contributed by atoms with Crippen LogP contribution in [-0.4, -0.2) is 12.4 Å². The zero-order valence-electron chi connectivity index (χ0n) is 4.31. The third kappa shape index (κ3) is 1.13. The molecule has 1 heterocycles. The molecular formula is C5H8OS. The SMILES string of the molecule is CC=C1OCCS1. The average Bonchev–Trinajstić information content (AvgIpc) is 2.14. The number of hydrogen-bond donors (Lipinski definition) is 0. The Morgan fingerprint density at radius 1 is 1.86 bits per heavy atom. The lowest BCUT2D eigenvalue weighted by Crippen LogP contribution is -1.77. The van der Waals surface area contributed by atoms with E-state index in [1.807, 2.05) is 13.0 Å². The third-order valence-corrected chi connectivity index (χ3v) is 1.82. The van der Waals surface area contributed by atoms with Gasteiger partial charge in [0.25, 0.3) is 0 Å². The molecular weight excluding hydrogens is 108 g/mol. The van der Waals surface area contributed by atoms with Gasteiger partial charge in [-0.25, -0.2) is 0 Å². The molecule has 7 heavy (non-hydrogen) atoms. The van der Waals surface area contributed by atoms with Crippen molar-refractivity contribution in [1.82, 2.24) is 0 Å². The molecule has 0 spiro atoms. The van der Waals surface area contributed by atoms with Crippen molar-refractivity contribution in [1.29, 1.82) is 0 Å². The summed E-state index contributed by atoms with van der Waals surface area (Å²) in [5.74, 6) is 1.12. The molecule has 1 saturated heterocycles. The van der Waals surface area contributed by atoms with Crippen molar-refractivity contribution < 1.29 is 4.74 Å². The van der Waals surface area contributed by atoms with Crippen LogP contribution in [0.15, 0.2) is 11.2 Å². The van der Waals surface area contributed by atoms with E-state index in [1.54, 1.807) is 11.8 Å². The van der Waals surface area contributed by atoms with Gasteiger partial charge in [-0.1, -0.05) is 11.8 Å². The van der Waals surface area contributed by atoms with Crippen LogP contribution in [0.25, 0.3) is 0 Å². The minimum absolute atomic E-state index is 0.893. The van der Waals surface area contributed by atoms with Crippen molar-refractivity contribution in [3.63, 3.8) is 0 Å². The van der Waals surface area contributed by atoms with Gasteiger partial charge in [0, 0.05) is 5.75 Å². The van der Waals surface area contributed by atoms with Crippen molar-refractivity contribution in [2.75, 3.05) is 12.4 Å². The average molecular weight is 116 g/mol. The van der Waals surface area contributed by atoms with Gasteiger partial charge in [0.2, 0.25) is 0 Å². The van der Waals surface area contributed by atoms with Crippen molar-refractivity contribution >= 4 is 11.8 Å². The van der Waals surface area contributed by atoms with Crippen LogP contribution in [0.4, 0.5) is 0 Å². The third-order valence-electron chi connectivity index (χ3n) is 0.808. The van der Waals surface area contributed by atoms with Crippen molar-refractivity contribution in [2.45, 2.75) is 6.92 Å². The number of allylic oxidation sites excluding steroid dienone is 1. The van der Waals surface area contributed by atoms with E-state index in [4.69, 9.17) is 4.74 Å². The van der Waals surface area contributed by atoms with Gasteiger partial charge in [0.15, 0.2) is 0 Å². The fourth-order valence-corrected chi connectivity index (χ4v) is 1.19. The molecule has 0 amide bonds. The van der Waals surface area contributed by atoms with E-state index in [0.717, 1.165) is 17.5 Å². The molecule has 1 nitrogen and oxygen atoms in total. The second-order valence-electron chi connectivity index (χ2n) is 1.30. The van der Waals surface area contributed by atoms with E-state index in [1.165, 1.54) is 0 Å². The van der Waals surface area contributed by atoms with Crippen molar-refractivity contribution in [3.8, 4) is 0 Å². The summed E-state index contributed by atoms with van der Waals surface area (Å²) >= 11 is 1.78. The zero-order chi connectivity index (χ0) is 5.11. The highest BCUT2D eigenvalue weighted by molar-refractivity contribution is 8.03. The standard InChI is InChI=1S/C5H8OS/c1-2-5-6-3-4-7-5/h2H,3-4H2,1H3. The first-order valence-corrected chi connectivity index (χ1v) is 3.34. The highest BCUT2D eigenvalue weighted by Crippen LogP contribution is 2.22. The Kier molecular flexibility index (Phi) is 1.63. The minimum atomic E-state index is 0.893. The van der Waals surface area contributed by atoms with Crippen LogP contribution in [0.1, 0.15) is 6.92 Å². The lowest BCUT2D eigenvalue weighted by Gasteiger charge is -1.89. The maximum Gasteiger partial charge on any atom is 0.149 e. The predicted molar refractivity (Wildman–Crippen MR) is 32.2 cm³/mol. The first-order valence-electron chi connectivity index (χ1n) is 2.35. The lowest BCUT2D eigenvalue weighted by molar-refractivity contribution is 0.274. The Morgan fingerprint density at radius 3 is 3.00 bits per heavy atom. The van der Waals surface area contributed by atoms with E-state index in [-0.39, 0.29) is 0 Å². The number of thioether (sulfide) groups is 1. The second kappa shape index (κ2) is 2.26. The quantitative estimate of drug-likeness (QED) is 0.475. The topological polar surface area (TPSA) is 9.23 Å². The van der Waals surface area contributed by atoms with Crippen LogP contribution in [0, 0.1) is 0 Å². The predicted octanol–water partition coefficient (Wildman–Crippen LogP) is 1.61. The Hall–Kier alpha value is -0.110. The molecule has 1 rings (SSSR count). The van der Waals surface area contributed by atoms with E-state index in [9.17, 15) is 0 Å². The van der Waals surface area contributed by atoms with Crippen LogP contribution in [0.2, 0.25) is 0 Å². The minimum Gasteiger partial charge on any atom is -0.487 e. The summed E-state index contributed by atoms with van der Waals surface area (Å²) in [6.07, 6.45) is 2.00. The van der Waals surface area contributed by atoms with Crippen LogP contribution in [0.3, 0.4) is 0 Å². The van der Waals surface area contributed by atoms with Gasteiger partial charge < -0.3 is 4.74 Å². The molecule has 0 bridgehead atoms. The van der Waals surface area contributed by atoms with Gasteiger partial charge >= 0.3 is 0 Å². The molecule has 0 aromatic carbocycles. The fraction of sp³-hybridized carbons (Fsp3) is 0.600. The molecule has 0 aromatic heterocycles. The summed E-state index contributed by atoms with van der Waals surface area (Å²) in [4.78, 5) is 0. The molecule has 0 aliphatic carbocycles. The number of rotatable bonds is 0. The van der Waals surface area contributed by atoms with Gasteiger partial charge in [-0.2, -0.15) is 0 Å². The Bertz CT molecular complexity index is 80.1. The molecule has 0 saturated carbocycles. The molecule has 2 heteroatoms. The molecule has 0 unspecified atom stereocenters. The maximum atomic E-state index is 5.13. The van der Waals surface area contributed by atoms with Gasteiger partial charge in [-0.15, -0.1) is 0 Å². The fourth-order valence-electron chi connectivity index (χ4n) is 0.493. The smallest absolute Gasteiger partial charge is 0.149 e. The molecule has 1 aliphatic heterocycles. The highest BCUT2D eigenvalue weighted by atomic mass is 32.2. The molecule has 40 valence electrons. The number of ether oxygens (including phenoxy) is 1. The zero-order valence-corrected chi connectivity index (χ0v) is 5.12. The first-order chi connectivity index (χ1) is 3.43. The summed E-state index contributed by atoms with van der Waals surface area (Å²) in [6.45, 7) is 2.89. The van der Waals surface area contributed by atoms with Crippen molar-refractivity contribution in [3.05, 3.63) is 11.2 Å². The van der Waals surface area contributed by atoms with Gasteiger partial charge in [-0.05, 0) is 13.0 Å². The number of hydrogen-bond acceptors (Lipinski definition) is 2. The summed E-state index contributed by atoms with van der Waals surface area (Å²) < 4.78 is 5.13. The normalized spacial score (nSPS) is 25.6. The summed E-state index contributed by atoms with van der Waals surface area (Å²) in [6, 6.07) is 0. The van der Waals surface area contributed by atoms with Crippen LogP contribution in [-0.2, 0) is 4.74 Å². The maximum absolute atomic E-state index is 5.13. The van der Waals surface area contributed by atoms with E-state index in [2.05, 4.69) is 0 Å².